The van der Waals surface area contributed by atoms with Crippen LogP contribution in [0.3, 0.4) is 0 Å². The number of nitrogens with one attached hydrogen (secondary N) is 1. The van der Waals surface area contributed by atoms with E-state index in [0.29, 0.717) is 12.8 Å². The zero-order valence-electron chi connectivity index (χ0n) is 30.9. The smallest absolute Gasteiger partial charge is 0.472 e. The van der Waals surface area contributed by atoms with Crippen molar-refractivity contribution in [1.29, 1.82) is 0 Å². The first kappa shape index (κ1) is 47.7. The Balaban J connectivity index is 3.99. The number of hydrogen-bond donors (Lipinski definition) is 4. The third-order valence-electron chi connectivity index (χ3n) is 7.90. The minimum Gasteiger partial charge on any atom is -0.480 e. The molecule has 0 saturated heterocycles. The number of esters is 1. The first-order chi connectivity index (χ1) is 24.1. The van der Waals surface area contributed by atoms with Crippen molar-refractivity contribution in [2.75, 3.05) is 19.8 Å². The van der Waals surface area contributed by atoms with Gasteiger partial charge in [-0.25, -0.2) is 9.36 Å². The van der Waals surface area contributed by atoms with Crippen LogP contribution in [0, 0.1) is 0 Å². The number of hydrogen-bond acceptors (Lipinski definition) is 8. The van der Waals surface area contributed by atoms with E-state index in [-0.39, 0.29) is 12.8 Å². The van der Waals surface area contributed by atoms with E-state index >= 15 is 0 Å². The molecule has 11 nitrogen and oxygen atoms in total. The van der Waals surface area contributed by atoms with Crippen LogP contribution in [-0.2, 0) is 32.7 Å². The Morgan fingerprint density at radius 3 is 1.70 bits per heavy atom. The molecule has 0 heterocycles. The fourth-order valence-corrected chi connectivity index (χ4v) is 5.63. The molecule has 0 aliphatic rings. The molecule has 50 heavy (non-hydrogen) atoms. The van der Waals surface area contributed by atoms with Gasteiger partial charge in [-0.15, -0.1) is 0 Å². The van der Waals surface area contributed by atoms with Crippen LogP contribution < -0.4 is 5.32 Å². The first-order valence-corrected chi connectivity index (χ1v) is 20.5. The SMILES string of the molecule is CCCC/C=C\CCCCCCCC(=O)NC(COP(=O)(O)OCC(O)COC(=O)CCCCCCC/C=C\C/C=C\CCCCC)C(=O)O. The average molecular weight is 730 g/mol. The van der Waals surface area contributed by atoms with Gasteiger partial charge in [-0.3, -0.25) is 18.6 Å². The third-order valence-corrected chi connectivity index (χ3v) is 8.85. The van der Waals surface area contributed by atoms with Crippen LogP contribution in [0.2, 0.25) is 0 Å². The van der Waals surface area contributed by atoms with Crippen molar-refractivity contribution >= 4 is 25.7 Å². The molecule has 12 heteroatoms. The quantitative estimate of drug-likeness (QED) is 0.0214. The van der Waals surface area contributed by atoms with E-state index < -0.39 is 57.6 Å². The van der Waals surface area contributed by atoms with Gasteiger partial charge in [-0.1, -0.05) is 115 Å². The predicted octanol–water partition coefficient (Wildman–Crippen LogP) is 8.88. The molecule has 0 aromatic heterocycles. The van der Waals surface area contributed by atoms with Crippen LogP contribution in [0.1, 0.15) is 155 Å². The Hall–Kier alpha value is -2.30. The van der Waals surface area contributed by atoms with E-state index in [0.717, 1.165) is 83.5 Å². The minimum atomic E-state index is -4.75. The van der Waals surface area contributed by atoms with E-state index in [2.05, 4.69) is 55.6 Å². The van der Waals surface area contributed by atoms with Crippen molar-refractivity contribution < 1.29 is 47.8 Å². The maximum Gasteiger partial charge on any atom is 0.472 e. The second-order valence-electron chi connectivity index (χ2n) is 12.8. The van der Waals surface area contributed by atoms with E-state index in [9.17, 15) is 34.1 Å². The highest BCUT2D eigenvalue weighted by molar-refractivity contribution is 7.47. The van der Waals surface area contributed by atoms with Crippen LogP contribution in [-0.4, -0.2) is 64.9 Å². The summed E-state index contributed by atoms with van der Waals surface area (Å²) in [6, 6.07) is -1.55. The lowest BCUT2D eigenvalue weighted by molar-refractivity contribution is -0.147. The number of carbonyl (C=O) groups excluding carboxylic acids is 2. The molecule has 0 bridgehead atoms. The molecule has 0 fully saturated rings. The zero-order chi connectivity index (χ0) is 37.1. The molecule has 1 amide bonds. The number of allylic oxidation sites excluding steroid dienone is 6. The fraction of sp³-hybridized carbons (Fsp3) is 0.763. The molecule has 0 aliphatic heterocycles. The lowest BCUT2D eigenvalue weighted by Gasteiger charge is -2.18. The number of carboxylic acid groups (broad SMARTS) is 1. The van der Waals surface area contributed by atoms with Gasteiger partial charge in [-0.05, 0) is 64.2 Å². The van der Waals surface area contributed by atoms with Gasteiger partial charge < -0.3 is 25.2 Å². The van der Waals surface area contributed by atoms with Gasteiger partial charge >= 0.3 is 19.8 Å². The van der Waals surface area contributed by atoms with Crippen LogP contribution in [0.25, 0.3) is 0 Å². The molecule has 0 spiro atoms. The number of carbonyl (C=O) groups is 3. The third kappa shape index (κ3) is 32.9. The van der Waals surface area contributed by atoms with Crippen molar-refractivity contribution in [3.05, 3.63) is 36.5 Å². The number of carboxylic acids is 1. The maximum absolute atomic E-state index is 12.2. The Kier molecular flexibility index (Phi) is 32.3. The van der Waals surface area contributed by atoms with Gasteiger partial charge in [-0.2, -0.15) is 0 Å². The number of phosphoric ester groups is 1. The molecule has 0 rings (SSSR count). The van der Waals surface area contributed by atoms with E-state index in [1.807, 2.05) is 0 Å². The van der Waals surface area contributed by atoms with Crippen molar-refractivity contribution in [3.8, 4) is 0 Å². The molecular formula is C38H68NO10P. The number of unbranched alkanes of at least 4 members (excludes halogenated alkanes) is 15. The Bertz CT molecular complexity index is 1000. The number of aliphatic hydroxyl groups is 1. The number of ether oxygens (including phenoxy) is 1. The Morgan fingerprint density at radius 2 is 1.12 bits per heavy atom. The normalized spacial score (nSPS) is 14.3. The largest absolute Gasteiger partial charge is 0.480 e. The summed E-state index contributed by atoms with van der Waals surface area (Å²) in [6.45, 7) is 2.47. The highest BCUT2D eigenvalue weighted by Gasteiger charge is 2.28. The minimum absolute atomic E-state index is 0.133. The summed E-state index contributed by atoms with van der Waals surface area (Å²) in [5.74, 6) is -2.41. The molecule has 3 unspecified atom stereocenters. The molecule has 4 N–H and O–H groups in total. The van der Waals surface area contributed by atoms with Crippen molar-refractivity contribution in [2.24, 2.45) is 0 Å². The van der Waals surface area contributed by atoms with Gasteiger partial charge in [0.15, 0.2) is 6.04 Å². The molecule has 0 radical (unpaired) electrons. The molecule has 3 atom stereocenters. The lowest BCUT2D eigenvalue weighted by atomic mass is 10.1. The number of aliphatic carboxylic acids is 1. The van der Waals surface area contributed by atoms with E-state index in [4.69, 9.17) is 13.8 Å². The number of phosphoric acid groups is 1. The summed E-state index contributed by atoms with van der Waals surface area (Å²) in [6.07, 6.45) is 33.2. The van der Waals surface area contributed by atoms with Crippen molar-refractivity contribution in [2.45, 2.75) is 167 Å². The molecule has 0 aromatic carbocycles. The highest BCUT2D eigenvalue weighted by Crippen LogP contribution is 2.43. The van der Waals surface area contributed by atoms with Crippen LogP contribution in [0.15, 0.2) is 36.5 Å². The van der Waals surface area contributed by atoms with Crippen LogP contribution >= 0.6 is 7.82 Å². The number of amides is 1. The second-order valence-corrected chi connectivity index (χ2v) is 14.2. The monoisotopic (exact) mass is 729 g/mol. The summed E-state index contributed by atoms with van der Waals surface area (Å²) < 4.78 is 26.7. The van der Waals surface area contributed by atoms with Crippen LogP contribution in [0.4, 0.5) is 0 Å². The number of rotatable bonds is 35. The van der Waals surface area contributed by atoms with Crippen molar-refractivity contribution in [1.82, 2.24) is 5.32 Å². The summed E-state index contributed by atoms with van der Waals surface area (Å²) in [5.41, 5.74) is 0. The first-order valence-electron chi connectivity index (χ1n) is 19.0. The molecule has 0 aromatic rings. The Labute approximate surface area is 301 Å². The summed E-state index contributed by atoms with van der Waals surface area (Å²) >= 11 is 0. The molecule has 0 saturated carbocycles. The van der Waals surface area contributed by atoms with E-state index in [1.54, 1.807) is 0 Å². The van der Waals surface area contributed by atoms with Gasteiger partial charge in [0.05, 0.1) is 13.2 Å². The zero-order valence-corrected chi connectivity index (χ0v) is 31.8. The fourth-order valence-electron chi connectivity index (χ4n) is 4.85. The van der Waals surface area contributed by atoms with Crippen LogP contribution in [0.5, 0.6) is 0 Å². The molecule has 0 aliphatic carbocycles. The van der Waals surface area contributed by atoms with Gasteiger partial charge in [0.25, 0.3) is 0 Å². The maximum atomic E-state index is 12.2. The summed E-state index contributed by atoms with van der Waals surface area (Å²) in [5, 5.41) is 21.7. The lowest BCUT2D eigenvalue weighted by Crippen LogP contribution is -2.43. The summed E-state index contributed by atoms with van der Waals surface area (Å²) in [4.78, 5) is 45.6. The molecular weight excluding hydrogens is 661 g/mol. The topological polar surface area (TPSA) is 169 Å². The summed E-state index contributed by atoms with van der Waals surface area (Å²) in [7, 11) is -4.75. The van der Waals surface area contributed by atoms with Gasteiger partial charge in [0.1, 0.15) is 12.7 Å². The standard InChI is InChI=1S/C38H68NO10P/c1-3-5-7-9-11-13-15-16-17-18-20-22-24-26-28-30-37(42)47-31-34(40)32-48-50(45,46)49-33-35(38(43)44)39-36(41)29-27-25-23-21-19-14-12-10-8-6-4-2/h10-13,16-17,34-35,40H,3-9,14-15,18-33H2,1-2H3,(H,39,41)(H,43,44)(H,45,46)/b12-10-,13-11-,17-16-. The number of aliphatic hydroxyl groups excluding tert-OH is 1. The predicted molar refractivity (Wildman–Crippen MR) is 199 cm³/mol. The van der Waals surface area contributed by atoms with E-state index in [1.165, 1.54) is 32.1 Å². The van der Waals surface area contributed by atoms with Gasteiger partial charge in [0.2, 0.25) is 5.91 Å². The Morgan fingerprint density at radius 1 is 0.640 bits per heavy atom. The average Bonchev–Trinajstić information content (AvgIpc) is 3.08. The second kappa shape index (κ2) is 33.8. The highest BCUT2D eigenvalue weighted by atomic mass is 31.2. The molecule has 290 valence electrons. The van der Waals surface area contributed by atoms with Crippen molar-refractivity contribution in [3.63, 3.8) is 0 Å². The van der Waals surface area contributed by atoms with Gasteiger partial charge in [0, 0.05) is 12.8 Å².